The van der Waals surface area contributed by atoms with Crippen LogP contribution in [0.2, 0.25) is 5.02 Å². The molecule has 0 aliphatic rings. The summed E-state index contributed by atoms with van der Waals surface area (Å²) in [5.41, 5.74) is 9.09. The van der Waals surface area contributed by atoms with Gasteiger partial charge in [0.05, 0.1) is 27.7 Å². The summed E-state index contributed by atoms with van der Waals surface area (Å²) in [4.78, 5) is 17.7. The first-order valence-corrected chi connectivity index (χ1v) is 7.82. The Balaban J connectivity index is 2.48. The summed E-state index contributed by atoms with van der Waals surface area (Å²) >= 11 is 6.37. The highest BCUT2D eigenvalue weighted by molar-refractivity contribution is 6.36. The van der Waals surface area contributed by atoms with Gasteiger partial charge in [-0.15, -0.1) is 0 Å². The molecule has 0 spiro atoms. The molecule has 0 saturated heterocycles. The SMILES string of the molecule is Cc1cccc(-n2c([C@H](C)N)nc3ccc(C)c(Cl)c3c2=O)c1. The van der Waals surface area contributed by atoms with Crippen molar-refractivity contribution in [2.45, 2.75) is 26.8 Å². The van der Waals surface area contributed by atoms with Gasteiger partial charge < -0.3 is 5.73 Å². The monoisotopic (exact) mass is 327 g/mol. The van der Waals surface area contributed by atoms with E-state index in [1.54, 1.807) is 4.57 Å². The predicted octanol–water partition coefficient (Wildman–Crippen LogP) is 3.68. The van der Waals surface area contributed by atoms with Crippen molar-refractivity contribution in [3.8, 4) is 5.69 Å². The van der Waals surface area contributed by atoms with Gasteiger partial charge in [-0.05, 0) is 50.1 Å². The number of hydrogen-bond acceptors (Lipinski definition) is 3. The van der Waals surface area contributed by atoms with Crippen molar-refractivity contribution in [1.82, 2.24) is 9.55 Å². The van der Waals surface area contributed by atoms with Gasteiger partial charge in [0.15, 0.2) is 0 Å². The Labute approximate surface area is 139 Å². The molecule has 0 amide bonds. The fourth-order valence-corrected chi connectivity index (χ4v) is 2.92. The highest BCUT2D eigenvalue weighted by Gasteiger charge is 2.18. The van der Waals surface area contributed by atoms with Crippen molar-refractivity contribution in [3.63, 3.8) is 0 Å². The fraction of sp³-hybridized carbons (Fsp3) is 0.222. The fourth-order valence-electron chi connectivity index (χ4n) is 2.68. The van der Waals surface area contributed by atoms with E-state index >= 15 is 0 Å². The van der Waals surface area contributed by atoms with Gasteiger partial charge in [-0.25, -0.2) is 4.98 Å². The minimum Gasteiger partial charge on any atom is -0.322 e. The lowest BCUT2D eigenvalue weighted by Crippen LogP contribution is -2.27. The van der Waals surface area contributed by atoms with Crippen LogP contribution in [0.3, 0.4) is 0 Å². The van der Waals surface area contributed by atoms with Crippen LogP contribution in [0.5, 0.6) is 0 Å². The van der Waals surface area contributed by atoms with E-state index in [2.05, 4.69) is 4.98 Å². The van der Waals surface area contributed by atoms with E-state index in [9.17, 15) is 4.79 Å². The van der Waals surface area contributed by atoms with Gasteiger partial charge in [-0.3, -0.25) is 9.36 Å². The maximum Gasteiger partial charge on any atom is 0.267 e. The van der Waals surface area contributed by atoms with Crippen molar-refractivity contribution in [1.29, 1.82) is 0 Å². The highest BCUT2D eigenvalue weighted by atomic mass is 35.5. The molecule has 0 radical (unpaired) electrons. The van der Waals surface area contributed by atoms with Crippen LogP contribution in [-0.4, -0.2) is 9.55 Å². The third-order valence-corrected chi connectivity index (χ3v) is 4.35. The minimum atomic E-state index is -0.382. The summed E-state index contributed by atoms with van der Waals surface area (Å²) < 4.78 is 1.56. The van der Waals surface area contributed by atoms with Gasteiger partial charge >= 0.3 is 0 Å². The summed E-state index contributed by atoms with van der Waals surface area (Å²) in [5.74, 6) is 0.521. The Hall–Kier alpha value is -2.17. The quantitative estimate of drug-likeness (QED) is 0.781. The molecule has 3 aromatic rings. The number of aromatic nitrogens is 2. The summed E-state index contributed by atoms with van der Waals surface area (Å²) in [6, 6.07) is 11.0. The van der Waals surface area contributed by atoms with Gasteiger partial charge in [-0.2, -0.15) is 0 Å². The molecule has 3 rings (SSSR count). The third kappa shape index (κ3) is 2.64. The van der Waals surface area contributed by atoms with E-state index in [1.165, 1.54) is 0 Å². The molecule has 1 heterocycles. The number of benzene rings is 2. The molecule has 1 aromatic heterocycles. The maximum absolute atomic E-state index is 13.1. The Morgan fingerprint density at radius 1 is 1.22 bits per heavy atom. The molecule has 0 unspecified atom stereocenters. The van der Waals surface area contributed by atoms with Crippen LogP contribution in [0.25, 0.3) is 16.6 Å². The predicted molar refractivity (Wildman–Crippen MR) is 94.4 cm³/mol. The molecule has 4 nitrogen and oxygen atoms in total. The molecule has 2 aromatic carbocycles. The Morgan fingerprint density at radius 2 is 1.96 bits per heavy atom. The molecule has 0 fully saturated rings. The summed E-state index contributed by atoms with van der Waals surface area (Å²) in [5, 5.41) is 0.871. The van der Waals surface area contributed by atoms with E-state index in [4.69, 9.17) is 17.3 Å². The molecular weight excluding hydrogens is 310 g/mol. The van der Waals surface area contributed by atoms with E-state index in [0.29, 0.717) is 21.7 Å². The third-order valence-electron chi connectivity index (χ3n) is 3.86. The molecule has 2 N–H and O–H groups in total. The zero-order valence-corrected chi connectivity index (χ0v) is 14.1. The smallest absolute Gasteiger partial charge is 0.267 e. The summed E-state index contributed by atoms with van der Waals surface area (Å²) in [6.45, 7) is 5.67. The molecule has 0 aliphatic heterocycles. The first kappa shape index (κ1) is 15.7. The largest absolute Gasteiger partial charge is 0.322 e. The van der Waals surface area contributed by atoms with Crippen molar-refractivity contribution in [3.05, 3.63) is 68.7 Å². The Bertz CT molecular complexity index is 960. The number of nitrogens with zero attached hydrogens (tertiary/aromatic N) is 2. The van der Waals surface area contributed by atoms with Crippen molar-refractivity contribution in [2.24, 2.45) is 5.73 Å². The molecule has 0 saturated carbocycles. The lowest BCUT2D eigenvalue weighted by atomic mass is 10.1. The summed E-state index contributed by atoms with van der Waals surface area (Å²) in [7, 11) is 0. The molecule has 1 atom stereocenters. The Morgan fingerprint density at radius 3 is 2.61 bits per heavy atom. The first-order chi connectivity index (χ1) is 10.9. The standard InChI is InChI=1S/C18H18ClN3O/c1-10-5-4-6-13(9-10)22-17(12(3)20)21-14-8-7-11(2)16(19)15(14)18(22)23/h4-9,12H,20H2,1-3H3/t12-/m0/s1. The van der Waals surface area contributed by atoms with Crippen molar-refractivity contribution in [2.75, 3.05) is 0 Å². The average molecular weight is 328 g/mol. The van der Waals surface area contributed by atoms with Gasteiger partial charge in [0.2, 0.25) is 0 Å². The van der Waals surface area contributed by atoms with Crippen LogP contribution < -0.4 is 11.3 Å². The van der Waals surface area contributed by atoms with Crippen LogP contribution in [-0.2, 0) is 0 Å². The molecular formula is C18H18ClN3O. The number of rotatable bonds is 2. The van der Waals surface area contributed by atoms with Crippen molar-refractivity contribution >= 4 is 22.5 Å². The van der Waals surface area contributed by atoms with Crippen LogP contribution in [0.15, 0.2) is 41.2 Å². The van der Waals surface area contributed by atoms with Gasteiger partial charge in [0.1, 0.15) is 5.82 Å². The molecule has 23 heavy (non-hydrogen) atoms. The lowest BCUT2D eigenvalue weighted by molar-refractivity contribution is 0.696. The second-order valence-corrected chi connectivity index (χ2v) is 6.21. The number of hydrogen-bond donors (Lipinski definition) is 1. The second-order valence-electron chi connectivity index (χ2n) is 5.83. The zero-order valence-electron chi connectivity index (χ0n) is 13.3. The number of fused-ring (bicyclic) bond motifs is 1. The van der Waals surface area contributed by atoms with E-state index < -0.39 is 0 Å². The van der Waals surface area contributed by atoms with E-state index in [-0.39, 0.29) is 11.6 Å². The number of nitrogens with two attached hydrogens (primary N) is 1. The normalized spacial score (nSPS) is 12.6. The van der Waals surface area contributed by atoms with Gasteiger partial charge in [0, 0.05) is 0 Å². The number of aryl methyl sites for hydroxylation is 2. The van der Waals surface area contributed by atoms with Crippen LogP contribution in [0, 0.1) is 13.8 Å². The molecule has 0 aliphatic carbocycles. The van der Waals surface area contributed by atoms with Crippen LogP contribution >= 0.6 is 11.6 Å². The second kappa shape index (κ2) is 5.80. The summed E-state index contributed by atoms with van der Waals surface area (Å²) in [6.07, 6.45) is 0. The van der Waals surface area contributed by atoms with Crippen LogP contribution in [0.4, 0.5) is 0 Å². The molecule has 118 valence electrons. The zero-order chi connectivity index (χ0) is 16.7. The molecule has 5 heteroatoms. The van der Waals surface area contributed by atoms with Gasteiger partial charge in [0.25, 0.3) is 5.56 Å². The highest BCUT2D eigenvalue weighted by Crippen LogP contribution is 2.25. The molecule has 0 bridgehead atoms. The maximum atomic E-state index is 13.1. The van der Waals surface area contributed by atoms with E-state index in [0.717, 1.165) is 16.8 Å². The minimum absolute atomic E-state index is 0.193. The van der Waals surface area contributed by atoms with Gasteiger partial charge in [-0.1, -0.05) is 29.8 Å². The van der Waals surface area contributed by atoms with Crippen LogP contribution in [0.1, 0.15) is 29.9 Å². The topological polar surface area (TPSA) is 60.9 Å². The first-order valence-electron chi connectivity index (χ1n) is 7.44. The van der Waals surface area contributed by atoms with E-state index in [1.807, 2.05) is 57.2 Å². The lowest BCUT2D eigenvalue weighted by Gasteiger charge is -2.17. The Kier molecular flexibility index (Phi) is 3.96. The number of halogens is 1. The average Bonchev–Trinajstić information content (AvgIpc) is 2.50. The van der Waals surface area contributed by atoms with Crippen molar-refractivity contribution < 1.29 is 0 Å².